The molecule has 1 fully saturated rings. The maximum atomic E-state index is 5.47. The Kier molecular flexibility index (Phi) is 5.37. The second-order valence-electron chi connectivity index (χ2n) is 4.23. The number of ether oxygens (including phenoxy) is 2. The summed E-state index contributed by atoms with van der Waals surface area (Å²) in [6.07, 6.45) is 2.14. The molecular weight excluding hydrogens is 236 g/mol. The fourth-order valence-electron chi connectivity index (χ4n) is 1.78. The molecule has 2 rings (SSSR count). The van der Waals surface area contributed by atoms with E-state index in [4.69, 9.17) is 13.9 Å². The van der Waals surface area contributed by atoms with Gasteiger partial charge in [0.2, 0.25) is 5.89 Å². The van der Waals surface area contributed by atoms with Gasteiger partial charge in [-0.15, -0.1) is 5.10 Å². The Balaban J connectivity index is 1.71. The number of nitrogens with zero attached hydrogens (tertiary/aromatic N) is 2. The molecular formula is C11H20N4O3. The normalized spacial score (nSPS) is 19.9. The molecule has 1 unspecified atom stereocenters. The molecule has 2 N–H and O–H groups in total. The van der Waals surface area contributed by atoms with Crippen molar-refractivity contribution >= 4 is 6.01 Å². The van der Waals surface area contributed by atoms with Crippen molar-refractivity contribution in [2.24, 2.45) is 0 Å². The van der Waals surface area contributed by atoms with Gasteiger partial charge in [0.25, 0.3) is 0 Å². The maximum Gasteiger partial charge on any atom is 0.315 e. The van der Waals surface area contributed by atoms with Crippen molar-refractivity contribution < 1.29 is 13.9 Å². The molecule has 102 valence electrons. The summed E-state index contributed by atoms with van der Waals surface area (Å²) in [6.45, 7) is 3.52. The van der Waals surface area contributed by atoms with Gasteiger partial charge in [-0.05, 0) is 12.8 Å². The molecule has 18 heavy (non-hydrogen) atoms. The standard InChI is InChI=1S/C11H20N4O3/c1-16-6-4-12-7-10-14-15-11(18-10)13-9-3-2-5-17-8-9/h9,12H,2-8H2,1H3,(H,13,15). The van der Waals surface area contributed by atoms with Crippen LogP contribution in [-0.2, 0) is 16.0 Å². The van der Waals surface area contributed by atoms with Gasteiger partial charge in [0.05, 0.1) is 25.8 Å². The molecule has 0 saturated carbocycles. The van der Waals surface area contributed by atoms with Crippen LogP contribution in [0.15, 0.2) is 4.42 Å². The van der Waals surface area contributed by atoms with Crippen molar-refractivity contribution in [1.82, 2.24) is 15.5 Å². The Morgan fingerprint density at radius 3 is 3.17 bits per heavy atom. The van der Waals surface area contributed by atoms with Crippen LogP contribution in [0.2, 0.25) is 0 Å². The predicted octanol–water partition coefficient (Wildman–Crippen LogP) is 0.396. The van der Waals surface area contributed by atoms with E-state index >= 15 is 0 Å². The Hall–Kier alpha value is -1.18. The Morgan fingerprint density at radius 2 is 2.39 bits per heavy atom. The summed E-state index contributed by atoms with van der Waals surface area (Å²) in [4.78, 5) is 0. The molecule has 1 aliphatic rings. The summed E-state index contributed by atoms with van der Waals surface area (Å²) in [7, 11) is 1.67. The second kappa shape index (κ2) is 7.30. The lowest BCUT2D eigenvalue weighted by atomic mass is 10.1. The van der Waals surface area contributed by atoms with Gasteiger partial charge < -0.3 is 24.5 Å². The third-order valence-corrected chi connectivity index (χ3v) is 2.71. The molecule has 1 saturated heterocycles. The smallest absolute Gasteiger partial charge is 0.315 e. The van der Waals surface area contributed by atoms with Crippen molar-refractivity contribution in [3.8, 4) is 0 Å². The highest BCUT2D eigenvalue weighted by atomic mass is 16.5. The lowest BCUT2D eigenvalue weighted by Gasteiger charge is -2.21. The van der Waals surface area contributed by atoms with Crippen LogP contribution < -0.4 is 10.6 Å². The molecule has 1 aromatic heterocycles. The van der Waals surface area contributed by atoms with Crippen molar-refractivity contribution in [2.45, 2.75) is 25.4 Å². The lowest BCUT2D eigenvalue weighted by molar-refractivity contribution is 0.0868. The van der Waals surface area contributed by atoms with Gasteiger partial charge in [-0.1, -0.05) is 5.10 Å². The van der Waals surface area contributed by atoms with Crippen LogP contribution in [0.4, 0.5) is 6.01 Å². The zero-order chi connectivity index (χ0) is 12.6. The first-order valence-electron chi connectivity index (χ1n) is 6.25. The van der Waals surface area contributed by atoms with Crippen molar-refractivity contribution in [3.05, 3.63) is 5.89 Å². The van der Waals surface area contributed by atoms with Gasteiger partial charge in [0, 0.05) is 20.3 Å². The predicted molar refractivity (Wildman–Crippen MR) is 65.3 cm³/mol. The zero-order valence-electron chi connectivity index (χ0n) is 10.6. The molecule has 1 aromatic rings. The molecule has 0 spiro atoms. The quantitative estimate of drug-likeness (QED) is 0.683. The molecule has 0 bridgehead atoms. The first-order valence-corrected chi connectivity index (χ1v) is 6.25. The summed E-state index contributed by atoms with van der Waals surface area (Å²) >= 11 is 0. The minimum Gasteiger partial charge on any atom is -0.407 e. The van der Waals surface area contributed by atoms with Crippen LogP contribution in [0.3, 0.4) is 0 Å². The number of nitrogens with one attached hydrogen (secondary N) is 2. The Bertz CT molecular complexity index is 339. The lowest BCUT2D eigenvalue weighted by Crippen LogP contribution is -2.30. The van der Waals surface area contributed by atoms with Gasteiger partial charge in [0.15, 0.2) is 0 Å². The molecule has 1 aliphatic heterocycles. The molecule has 0 amide bonds. The van der Waals surface area contributed by atoms with E-state index in [2.05, 4.69) is 20.8 Å². The fourth-order valence-corrected chi connectivity index (χ4v) is 1.78. The summed E-state index contributed by atoms with van der Waals surface area (Å²) in [6, 6.07) is 0.738. The molecule has 0 radical (unpaired) electrons. The van der Waals surface area contributed by atoms with E-state index in [-0.39, 0.29) is 6.04 Å². The number of anilines is 1. The van der Waals surface area contributed by atoms with Crippen molar-refractivity contribution in [3.63, 3.8) is 0 Å². The van der Waals surface area contributed by atoms with Gasteiger partial charge in [-0.2, -0.15) is 0 Å². The molecule has 1 atom stereocenters. The van der Waals surface area contributed by atoms with Crippen LogP contribution in [0.1, 0.15) is 18.7 Å². The third-order valence-electron chi connectivity index (χ3n) is 2.71. The average Bonchev–Trinajstić information content (AvgIpc) is 2.84. The number of rotatable bonds is 7. The summed E-state index contributed by atoms with van der Waals surface area (Å²) in [5.74, 6) is 0.574. The highest BCUT2D eigenvalue weighted by molar-refractivity contribution is 5.19. The van der Waals surface area contributed by atoms with E-state index in [0.717, 1.165) is 26.0 Å². The van der Waals surface area contributed by atoms with E-state index in [9.17, 15) is 0 Å². The highest BCUT2D eigenvalue weighted by Gasteiger charge is 2.16. The Labute approximate surface area is 106 Å². The minimum absolute atomic E-state index is 0.272. The second-order valence-corrected chi connectivity index (χ2v) is 4.23. The summed E-state index contributed by atoms with van der Waals surface area (Å²) in [5, 5.41) is 14.2. The molecule has 0 aliphatic carbocycles. The molecule has 7 heteroatoms. The first kappa shape index (κ1) is 13.3. The van der Waals surface area contributed by atoms with Crippen LogP contribution in [0.25, 0.3) is 0 Å². The van der Waals surface area contributed by atoms with Gasteiger partial charge in [0.1, 0.15) is 0 Å². The number of aromatic nitrogens is 2. The number of hydrogen-bond donors (Lipinski definition) is 2. The van der Waals surface area contributed by atoms with E-state index < -0.39 is 0 Å². The van der Waals surface area contributed by atoms with Crippen LogP contribution in [-0.4, -0.2) is 49.7 Å². The fraction of sp³-hybridized carbons (Fsp3) is 0.818. The molecule has 7 nitrogen and oxygen atoms in total. The summed E-state index contributed by atoms with van der Waals surface area (Å²) in [5.41, 5.74) is 0. The van der Waals surface area contributed by atoms with Crippen LogP contribution in [0.5, 0.6) is 0 Å². The van der Waals surface area contributed by atoms with Gasteiger partial charge in [-0.25, -0.2) is 0 Å². The Morgan fingerprint density at radius 1 is 1.44 bits per heavy atom. The topological polar surface area (TPSA) is 81.4 Å². The molecule has 2 heterocycles. The SMILES string of the molecule is COCCNCc1nnc(NC2CCCOC2)o1. The zero-order valence-corrected chi connectivity index (χ0v) is 10.6. The van der Waals surface area contributed by atoms with Crippen molar-refractivity contribution in [1.29, 1.82) is 0 Å². The van der Waals surface area contributed by atoms with E-state index in [1.165, 1.54) is 0 Å². The largest absolute Gasteiger partial charge is 0.407 e. The molecule has 0 aromatic carbocycles. The van der Waals surface area contributed by atoms with Gasteiger partial charge >= 0.3 is 6.01 Å². The van der Waals surface area contributed by atoms with E-state index in [1.54, 1.807) is 7.11 Å². The monoisotopic (exact) mass is 256 g/mol. The maximum absolute atomic E-state index is 5.47. The van der Waals surface area contributed by atoms with Crippen LogP contribution in [0, 0.1) is 0 Å². The van der Waals surface area contributed by atoms with E-state index in [0.29, 0.717) is 31.7 Å². The van der Waals surface area contributed by atoms with Gasteiger partial charge in [-0.3, -0.25) is 0 Å². The highest BCUT2D eigenvalue weighted by Crippen LogP contribution is 2.13. The minimum atomic E-state index is 0.272. The number of methoxy groups -OCH3 is 1. The first-order chi connectivity index (χ1) is 8.88. The van der Waals surface area contributed by atoms with Crippen molar-refractivity contribution in [2.75, 3.05) is 38.8 Å². The van der Waals surface area contributed by atoms with Crippen LogP contribution >= 0.6 is 0 Å². The summed E-state index contributed by atoms with van der Waals surface area (Å²) < 4.78 is 15.8. The van der Waals surface area contributed by atoms with E-state index in [1.807, 2.05) is 0 Å². The average molecular weight is 256 g/mol. The third kappa shape index (κ3) is 4.25. The number of hydrogen-bond acceptors (Lipinski definition) is 7.